The minimum atomic E-state index is 0.549. The third kappa shape index (κ3) is 2.18. The number of pyridine rings is 1. The summed E-state index contributed by atoms with van der Waals surface area (Å²) in [4.78, 5) is 4.47. The molecule has 0 radical (unpaired) electrons. The Kier molecular flexibility index (Phi) is 3.38. The Bertz CT molecular complexity index is 388. The van der Waals surface area contributed by atoms with Crippen LogP contribution in [0.2, 0.25) is 0 Å². The van der Waals surface area contributed by atoms with E-state index in [0.29, 0.717) is 6.04 Å². The second kappa shape index (κ2) is 5.00. The molecule has 0 aliphatic heterocycles. The average molecular weight is 244 g/mol. The lowest BCUT2D eigenvalue weighted by molar-refractivity contribution is 0.416. The quantitative estimate of drug-likeness (QED) is 0.857. The van der Waals surface area contributed by atoms with Crippen LogP contribution in [0.25, 0.3) is 0 Å². The molecule has 0 amide bonds. The standard InChI is InChI=1S/C16H24N2/c1-3-9-17-16(12-8-7-11(2)18-10-12)15-13-5-4-6-14(13)15/h7-8,10,13-17H,3-6,9H2,1-2H3. The van der Waals surface area contributed by atoms with E-state index >= 15 is 0 Å². The van der Waals surface area contributed by atoms with E-state index in [1.807, 2.05) is 0 Å². The fraction of sp³-hybridized carbons (Fsp3) is 0.688. The Labute approximate surface area is 110 Å². The Morgan fingerprint density at radius 1 is 1.33 bits per heavy atom. The molecule has 2 fully saturated rings. The maximum atomic E-state index is 4.47. The summed E-state index contributed by atoms with van der Waals surface area (Å²) in [7, 11) is 0. The van der Waals surface area contributed by atoms with Gasteiger partial charge in [-0.3, -0.25) is 4.98 Å². The second-order valence-electron chi connectivity index (χ2n) is 6.00. The molecule has 0 spiro atoms. The minimum absolute atomic E-state index is 0.549. The van der Waals surface area contributed by atoms with Crippen molar-refractivity contribution in [2.45, 2.75) is 45.6 Å². The first-order valence-electron chi connectivity index (χ1n) is 7.47. The Morgan fingerprint density at radius 2 is 2.11 bits per heavy atom. The normalized spacial score (nSPS) is 31.1. The van der Waals surface area contributed by atoms with Crippen LogP contribution in [0.5, 0.6) is 0 Å². The van der Waals surface area contributed by atoms with Crippen LogP contribution < -0.4 is 5.32 Å². The zero-order valence-corrected chi connectivity index (χ0v) is 11.5. The molecular formula is C16H24N2. The molecule has 98 valence electrons. The molecule has 0 saturated heterocycles. The van der Waals surface area contributed by atoms with Crippen molar-refractivity contribution in [1.29, 1.82) is 0 Å². The van der Waals surface area contributed by atoms with Crippen molar-refractivity contribution in [2.24, 2.45) is 17.8 Å². The number of aromatic nitrogens is 1. The molecule has 2 aliphatic carbocycles. The largest absolute Gasteiger partial charge is 0.310 e. The fourth-order valence-electron chi connectivity index (χ4n) is 3.81. The zero-order valence-electron chi connectivity index (χ0n) is 11.5. The van der Waals surface area contributed by atoms with Crippen molar-refractivity contribution in [1.82, 2.24) is 10.3 Å². The second-order valence-corrected chi connectivity index (χ2v) is 6.00. The van der Waals surface area contributed by atoms with Gasteiger partial charge in [-0.05, 0) is 62.1 Å². The topological polar surface area (TPSA) is 24.9 Å². The number of aryl methyl sites for hydroxylation is 1. The molecule has 2 nitrogen and oxygen atoms in total. The van der Waals surface area contributed by atoms with Gasteiger partial charge in [0.05, 0.1) is 0 Å². The number of hydrogen-bond acceptors (Lipinski definition) is 2. The summed E-state index contributed by atoms with van der Waals surface area (Å²) in [6.45, 7) is 5.42. The number of fused-ring (bicyclic) bond motifs is 1. The van der Waals surface area contributed by atoms with Gasteiger partial charge in [0.1, 0.15) is 0 Å². The van der Waals surface area contributed by atoms with Crippen molar-refractivity contribution >= 4 is 0 Å². The van der Waals surface area contributed by atoms with Crippen LogP contribution in [0.1, 0.15) is 49.9 Å². The van der Waals surface area contributed by atoms with Crippen molar-refractivity contribution < 1.29 is 0 Å². The van der Waals surface area contributed by atoms with Gasteiger partial charge in [-0.1, -0.05) is 19.4 Å². The van der Waals surface area contributed by atoms with E-state index in [1.54, 1.807) is 0 Å². The summed E-state index contributed by atoms with van der Waals surface area (Å²) < 4.78 is 0. The van der Waals surface area contributed by atoms with E-state index in [0.717, 1.165) is 30.0 Å². The van der Waals surface area contributed by atoms with Crippen LogP contribution in [0, 0.1) is 24.7 Å². The average Bonchev–Trinajstić information content (AvgIpc) is 2.85. The lowest BCUT2D eigenvalue weighted by Gasteiger charge is -2.20. The Hall–Kier alpha value is -0.890. The van der Waals surface area contributed by atoms with Crippen molar-refractivity contribution in [3.05, 3.63) is 29.6 Å². The van der Waals surface area contributed by atoms with Gasteiger partial charge in [0.25, 0.3) is 0 Å². The van der Waals surface area contributed by atoms with E-state index in [2.05, 4.69) is 42.5 Å². The highest BCUT2D eigenvalue weighted by Crippen LogP contribution is 2.62. The lowest BCUT2D eigenvalue weighted by atomic mass is 9.98. The molecule has 3 atom stereocenters. The molecule has 0 bridgehead atoms. The summed E-state index contributed by atoms with van der Waals surface area (Å²) in [5, 5.41) is 3.76. The molecule has 3 rings (SSSR count). The molecule has 2 saturated carbocycles. The molecule has 1 aromatic heterocycles. The van der Waals surface area contributed by atoms with Gasteiger partial charge < -0.3 is 5.32 Å². The Morgan fingerprint density at radius 3 is 2.72 bits per heavy atom. The number of nitrogens with zero attached hydrogens (tertiary/aromatic N) is 1. The molecule has 1 heterocycles. The highest BCUT2D eigenvalue weighted by atomic mass is 14.9. The highest BCUT2D eigenvalue weighted by Gasteiger charge is 2.55. The molecule has 3 unspecified atom stereocenters. The van der Waals surface area contributed by atoms with Crippen LogP contribution in [-0.4, -0.2) is 11.5 Å². The maximum absolute atomic E-state index is 4.47. The van der Waals surface area contributed by atoms with Crippen molar-refractivity contribution in [3.8, 4) is 0 Å². The monoisotopic (exact) mass is 244 g/mol. The summed E-state index contributed by atoms with van der Waals surface area (Å²) in [6.07, 6.45) is 7.66. The SMILES string of the molecule is CCCNC(c1ccc(C)nc1)C1C2CCCC21. The van der Waals surface area contributed by atoms with Crippen LogP contribution in [0.4, 0.5) is 0 Å². The van der Waals surface area contributed by atoms with E-state index in [-0.39, 0.29) is 0 Å². The third-order valence-corrected chi connectivity index (χ3v) is 4.77. The molecule has 2 heteroatoms. The van der Waals surface area contributed by atoms with Crippen LogP contribution in [0.15, 0.2) is 18.3 Å². The summed E-state index contributed by atoms with van der Waals surface area (Å²) in [5.41, 5.74) is 2.51. The first-order chi connectivity index (χ1) is 8.81. The van der Waals surface area contributed by atoms with Gasteiger partial charge in [-0.2, -0.15) is 0 Å². The first-order valence-corrected chi connectivity index (χ1v) is 7.47. The third-order valence-electron chi connectivity index (χ3n) is 4.77. The maximum Gasteiger partial charge on any atom is 0.0372 e. The lowest BCUT2D eigenvalue weighted by Crippen LogP contribution is -2.25. The number of hydrogen-bond donors (Lipinski definition) is 1. The highest BCUT2D eigenvalue weighted by molar-refractivity contribution is 5.22. The first kappa shape index (κ1) is 12.2. The predicted molar refractivity (Wildman–Crippen MR) is 74.3 cm³/mol. The van der Waals surface area contributed by atoms with E-state index in [4.69, 9.17) is 0 Å². The van der Waals surface area contributed by atoms with E-state index in [9.17, 15) is 0 Å². The summed E-state index contributed by atoms with van der Waals surface area (Å²) in [5.74, 6) is 2.89. The van der Waals surface area contributed by atoms with Gasteiger partial charge in [0.15, 0.2) is 0 Å². The van der Waals surface area contributed by atoms with Gasteiger partial charge in [-0.25, -0.2) is 0 Å². The minimum Gasteiger partial charge on any atom is -0.310 e. The summed E-state index contributed by atoms with van der Waals surface area (Å²) >= 11 is 0. The van der Waals surface area contributed by atoms with Gasteiger partial charge in [-0.15, -0.1) is 0 Å². The molecule has 18 heavy (non-hydrogen) atoms. The summed E-state index contributed by atoms with van der Waals surface area (Å²) in [6, 6.07) is 4.96. The van der Waals surface area contributed by atoms with Crippen LogP contribution >= 0.6 is 0 Å². The van der Waals surface area contributed by atoms with Crippen molar-refractivity contribution in [3.63, 3.8) is 0 Å². The van der Waals surface area contributed by atoms with E-state index in [1.165, 1.54) is 31.2 Å². The molecule has 1 N–H and O–H groups in total. The van der Waals surface area contributed by atoms with Crippen LogP contribution in [0.3, 0.4) is 0 Å². The molecule has 1 aromatic rings. The van der Waals surface area contributed by atoms with Crippen LogP contribution in [-0.2, 0) is 0 Å². The molecular weight excluding hydrogens is 220 g/mol. The van der Waals surface area contributed by atoms with Gasteiger partial charge >= 0.3 is 0 Å². The van der Waals surface area contributed by atoms with E-state index < -0.39 is 0 Å². The smallest absolute Gasteiger partial charge is 0.0372 e. The van der Waals surface area contributed by atoms with Crippen molar-refractivity contribution in [2.75, 3.05) is 6.54 Å². The molecule has 0 aromatic carbocycles. The Balaban J connectivity index is 1.75. The fourth-order valence-corrected chi connectivity index (χ4v) is 3.81. The number of nitrogens with one attached hydrogen (secondary N) is 1. The van der Waals surface area contributed by atoms with Gasteiger partial charge in [0.2, 0.25) is 0 Å². The number of rotatable bonds is 5. The van der Waals surface area contributed by atoms with Gasteiger partial charge in [0, 0.05) is 17.9 Å². The zero-order chi connectivity index (χ0) is 12.5. The predicted octanol–water partition coefficient (Wildman–Crippen LogP) is 3.48. The molecule has 2 aliphatic rings.